The molecular weight excluding hydrogens is 580 g/mol. The third-order valence-electron chi connectivity index (χ3n) is 8.59. The highest BCUT2D eigenvalue weighted by atomic mass is 19.1. The molecule has 4 aromatic rings. The van der Waals surface area contributed by atoms with Crippen molar-refractivity contribution in [1.29, 1.82) is 0 Å². The number of amides is 2. The van der Waals surface area contributed by atoms with Crippen LogP contribution < -0.4 is 20.1 Å². The van der Waals surface area contributed by atoms with E-state index in [0.717, 1.165) is 49.7 Å². The van der Waals surface area contributed by atoms with Crippen LogP contribution in [0.3, 0.4) is 0 Å². The highest BCUT2D eigenvalue weighted by Crippen LogP contribution is 2.47. The van der Waals surface area contributed by atoms with Crippen molar-refractivity contribution in [1.82, 2.24) is 14.9 Å². The Balaban J connectivity index is 1.15. The summed E-state index contributed by atoms with van der Waals surface area (Å²) in [6, 6.07) is 13.1. The van der Waals surface area contributed by atoms with E-state index in [1.165, 1.54) is 42.7 Å². The molecule has 9 nitrogen and oxygen atoms in total. The van der Waals surface area contributed by atoms with Gasteiger partial charge in [-0.2, -0.15) is 0 Å². The van der Waals surface area contributed by atoms with Gasteiger partial charge in [0.1, 0.15) is 23.3 Å². The minimum atomic E-state index is -1.27. The molecule has 0 spiro atoms. The van der Waals surface area contributed by atoms with Crippen LogP contribution >= 0.6 is 0 Å². The van der Waals surface area contributed by atoms with E-state index in [4.69, 9.17) is 9.47 Å². The first kappa shape index (κ1) is 30.4. The molecule has 1 aliphatic carbocycles. The maximum absolute atomic E-state index is 15.3. The molecule has 2 aliphatic rings. The topological polar surface area (TPSA) is 106 Å². The van der Waals surface area contributed by atoms with E-state index in [9.17, 15) is 14.0 Å². The summed E-state index contributed by atoms with van der Waals surface area (Å²) >= 11 is 0. The number of aryl methyl sites for hydroxylation is 1. The number of fused-ring (bicyclic) bond motifs is 1. The monoisotopic (exact) mass is 615 g/mol. The lowest BCUT2D eigenvalue weighted by molar-refractivity contribution is -0.131. The first-order chi connectivity index (χ1) is 21.7. The molecule has 2 heterocycles. The van der Waals surface area contributed by atoms with Gasteiger partial charge in [-0.15, -0.1) is 0 Å². The van der Waals surface area contributed by atoms with Crippen LogP contribution in [-0.4, -0.2) is 53.4 Å². The molecule has 1 saturated heterocycles. The molecule has 2 amide bonds. The Morgan fingerprint density at radius 2 is 1.62 bits per heavy atom. The van der Waals surface area contributed by atoms with Gasteiger partial charge in [-0.05, 0) is 112 Å². The van der Waals surface area contributed by atoms with Gasteiger partial charge >= 0.3 is 0 Å². The van der Waals surface area contributed by atoms with Crippen molar-refractivity contribution in [3.8, 4) is 17.4 Å². The maximum atomic E-state index is 15.3. The Bertz CT molecular complexity index is 1720. The Labute approximate surface area is 260 Å². The number of benzene rings is 3. The van der Waals surface area contributed by atoms with E-state index in [2.05, 4.69) is 39.5 Å². The summed E-state index contributed by atoms with van der Waals surface area (Å²) in [5.74, 6) is -0.884. The molecule has 11 heteroatoms. The summed E-state index contributed by atoms with van der Waals surface area (Å²) in [4.78, 5) is 36.9. The first-order valence-corrected chi connectivity index (χ1v) is 15.2. The number of likely N-dealkylation sites (tertiary alicyclic amines) is 1. The molecule has 2 fully saturated rings. The molecular formula is C34H35F2N5O4. The molecule has 0 bridgehead atoms. The number of ether oxygens (including phenoxy) is 2. The van der Waals surface area contributed by atoms with Crippen LogP contribution in [-0.2, 0) is 16.0 Å². The Kier molecular flexibility index (Phi) is 8.62. The third kappa shape index (κ3) is 6.73. The molecule has 1 saturated carbocycles. The zero-order valence-electron chi connectivity index (χ0n) is 25.2. The van der Waals surface area contributed by atoms with Gasteiger partial charge in [0.25, 0.3) is 0 Å². The highest BCUT2D eigenvalue weighted by molar-refractivity contribution is 6.16. The molecule has 0 unspecified atom stereocenters. The largest absolute Gasteiger partial charge is 0.493 e. The second-order valence-electron chi connectivity index (χ2n) is 11.8. The van der Waals surface area contributed by atoms with Crippen LogP contribution in [0.5, 0.6) is 17.4 Å². The number of hydrogen-bond donors (Lipinski definition) is 2. The minimum Gasteiger partial charge on any atom is -0.493 e. The average molecular weight is 616 g/mol. The Morgan fingerprint density at radius 3 is 2.29 bits per heavy atom. The van der Waals surface area contributed by atoms with Crippen molar-refractivity contribution in [2.75, 3.05) is 37.4 Å². The lowest BCUT2D eigenvalue weighted by Crippen LogP contribution is -2.35. The van der Waals surface area contributed by atoms with Crippen LogP contribution in [0.4, 0.5) is 20.2 Å². The van der Waals surface area contributed by atoms with E-state index in [1.807, 2.05) is 12.1 Å². The SMILES string of the molecule is CCc1cc2ncnc(Oc3ccc(NC(=O)C4(C(=O)Nc5ccc(F)cc5)CC4)cc3F)c2cc1OCC1CCN(C)CC1. The molecule has 2 N–H and O–H groups in total. The van der Waals surface area contributed by atoms with E-state index in [-0.39, 0.29) is 17.3 Å². The lowest BCUT2D eigenvalue weighted by atomic mass is 9.98. The highest BCUT2D eigenvalue weighted by Gasteiger charge is 2.56. The number of piperidine rings is 1. The van der Waals surface area contributed by atoms with Gasteiger partial charge in [0.05, 0.1) is 17.5 Å². The fraction of sp³-hybridized carbons (Fsp3) is 0.353. The summed E-state index contributed by atoms with van der Waals surface area (Å²) in [6.45, 7) is 4.79. The molecule has 1 aliphatic heterocycles. The lowest BCUT2D eigenvalue weighted by Gasteiger charge is -2.29. The third-order valence-corrected chi connectivity index (χ3v) is 8.59. The summed E-state index contributed by atoms with van der Waals surface area (Å²) in [6.07, 6.45) is 5.00. The zero-order chi connectivity index (χ0) is 31.6. The predicted molar refractivity (Wildman–Crippen MR) is 166 cm³/mol. The number of aromatic nitrogens is 2. The Hall–Kier alpha value is -4.64. The van der Waals surface area contributed by atoms with Gasteiger partial charge in [0.2, 0.25) is 17.7 Å². The van der Waals surface area contributed by atoms with Crippen molar-refractivity contribution < 1.29 is 27.8 Å². The summed E-state index contributed by atoms with van der Waals surface area (Å²) in [5.41, 5.74) is 0.958. The normalized spacial score (nSPS) is 16.3. The second-order valence-corrected chi connectivity index (χ2v) is 11.8. The number of carbonyl (C=O) groups is 2. The maximum Gasteiger partial charge on any atom is 0.240 e. The number of nitrogens with one attached hydrogen (secondary N) is 2. The quantitative estimate of drug-likeness (QED) is 0.201. The summed E-state index contributed by atoms with van der Waals surface area (Å²) in [5, 5.41) is 5.89. The van der Waals surface area contributed by atoms with Crippen LogP contribution in [0.15, 0.2) is 60.9 Å². The van der Waals surface area contributed by atoms with Crippen molar-refractivity contribution in [2.45, 2.75) is 39.0 Å². The number of halogens is 2. The van der Waals surface area contributed by atoms with E-state index in [0.29, 0.717) is 42.0 Å². The second kappa shape index (κ2) is 12.8. The van der Waals surface area contributed by atoms with Crippen LogP contribution in [0, 0.1) is 23.0 Å². The number of hydrogen-bond acceptors (Lipinski definition) is 7. The van der Waals surface area contributed by atoms with Crippen LogP contribution in [0.1, 0.15) is 38.2 Å². The van der Waals surface area contributed by atoms with Gasteiger partial charge < -0.3 is 25.0 Å². The van der Waals surface area contributed by atoms with Gasteiger partial charge in [-0.3, -0.25) is 9.59 Å². The fourth-order valence-corrected chi connectivity index (χ4v) is 5.51. The van der Waals surface area contributed by atoms with Crippen LogP contribution in [0.25, 0.3) is 10.9 Å². The molecule has 0 atom stereocenters. The smallest absolute Gasteiger partial charge is 0.240 e. The average Bonchev–Trinajstić information content (AvgIpc) is 3.85. The van der Waals surface area contributed by atoms with Gasteiger partial charge in [0.15, 0.2) is 11.6 Å². The minimum absolute atomic E-state index is 0.0865. The number of nitrogens with zero attached hydrogens (tertiary/aromatic N) is 3. The van der Waals surface area contributed by atoms with Crippen molar-refractivity contribution >= 4 is 34.1 Å². The number of rotatable bonds is 10. The molecule has 6 rings (SSSR count). The van der Waals surface area contributed by atoms with E-state index >= 15 is 4.39 Å². The summed E-state index contributed by atoms with van der Waals surface area (Å²) in [7, 11) is 2.13. The molecule has 0 radical (unpaired) electrons. The predicted octanol–water partition coefficient (Wildman–Crippen LogP) is 6.34. The number of anilines is 2. The molecule has 1 aromatic heterocycles. The number of carbonyl (C=O) groups excluding carboxylic acids is 2. The standard InChI is InChI=1S/C34H35F2N5O4/c1-3-22-16-28-26(18-30(22)44-19-21-10-14-41(2)15-11-21)31(38-20-37-28)45-29-9-8-25(17-27(29)36)40-33(43)34(12-13-34)32(42)39-24-6-4-23(35)5-7-24/h4-9,16-18,20-21H,3,10-15,19H2,1-2H3,(H,39,42)(H,40,43). The van der Waals surface area contributed by atoms with Gasteiger partial charge in [-0.1, -0.05) is 6.92 Å². The van der Waals surface area contributed by atoms with Crippen molar-refractivity contribution in [3.05, 3.63) is 78.1 Å². The molecule has 234 valence electrons. The van der Waals surface area contributed by atoms with Gasteiger partial charge in [-0.25, -0.2) is 18.7 Å². The Morgan fingerprint density at radius 1 is 0.933 bits per heavy atom. The van der Waals surface area contributed by atoms with Crippen LogP contribution in [0.2, 0.25) is 0 Å². The molecule has 3 aromatic carbocycles. The van der Waals surface area contributed by atoms with E-state index in [1.54, 1.807) is 0 Å². The molecule has 45 heavy (non-hydrogen) atoms. The van der Waals surface area contributed by atoms with E-state index < -0.39 is 28.9 Å². The fourth-order valence-electron chi connectivity index (χ4n) is 5.51. The first-order valence-electron chi connectivity index (χ1n) is 15.2. The van der Waals surface area contributed by atoms with Crippen molar-refractivity contribution in [3.63, 3.8) is 0 Å². The van der Waals surface area contributed by atoms with Gasteiger partial charge in [0, 0.05) is 17.4 Å². The van der Waals surface area contributed by atoms with Crippen molar-refractivity contribution in [2.24, 2.45) is 11.3 Å². The summed E-state index contributed by atoms with van der Waals surface area (Å²) < 4.78 is 40.7. The zero-order valence-corrected chi connectivity index (χ0v) is 25.2.